The number of carbonyl (C=O) groups excluding carboxylic acids is 2. The van der Waals surface area contributed by atoms with Crippen molar-refractivity contribution in [3.8, 4) is 0 Å². The number of amides is 2. The molecule has 7 heteroatoms. The monoisotopic (exact) mass is 354 g/mol. The van der Waals surface area contributed by atoms with Gasteiger partial charge in [-0.15, -0.1) is 6.58 Å². The van der Waals surface area contributed by atoms with Gasteiger partial charge in [-0.3, -0.25) is 14.0 Å². The number of anilines is 1. The summed E-state index contributed by atoms with van der Waals surface area (Å²) >= 11 is 6.07. The highest BCUT2D eigenvalue weighted by Crippen LogP contribution is 2.22. The van der Waals surface area contributed by atoms with E-state index >= 15 is 0 Å². The van der Waals surface area contributed by atoms with Gasteiger partial charge in [0.1, 0.15) is 0 Å². The maximum Gasteiger partial charge on any atom is 0.287 e. The van der Waals surface area contributed by atoms with E-state index in [0.717, 1.165) is 0 Å². The quantitative estimate of drug-likeness (QED) is 0.691. The van der Waals surface area contributed by atoms with Gasteiger partial charge in [0.05, 0.1) is 16.2 Å². The maximum atomic E-state index is 12.6. The Labute approximate surface area is 149 Å². The highest BCUT2D eigenvalue weighted by atomic mass is 35.5. The summed E-state index contributed by atoms with van der Waals surface area (Å²) in [7, 11) is 0. The Morgan fingerprint density at radius 2 is 1.92 bits per heavy atom. The third kappa shape index (κ3) is 3.39. The molecule has 0 aliphatic rings. The molecule has 0 fully saturated rings. The predicted octanol–water partition coefficient (Wildman–Crippen LogP) is 3.16. The zero-order valence-electron chi connectivity index (χ0n) is 13.2. The van der Waals surface area contributed by atoms with Gasteiger partial charge in [0, 0.05) is 12.7 Å². The molecule has 126 valence electrons. The number of halogens is 1. The topological polar surface area (TPSA) is 75.5 Å². The van der Waals surface area contributed by atoms with E-state index < -0.39 is 11.8 Å². The number of hydrogen-bond acceptors (Lipinski definition) is 3. The SMILES string of the molecule is C=CCNC(=O)c1nc(C(=O)Nc2ccccc2Cl)c2ccccn12. The van der Waals surface area contributed by atoms with E-state index in [9.17, 15) is 9.59 Å². The third-order valence-corrected chi connectivity index (χ3v) is 3.83. The Balaban J connectivity index is 1.99. The van der Waals surface area contributed by atoms with Gasteiger partial charge in [0.2, 0.25) is 5.82 Å². The summed E-state index contributed by atoms with van der Waals surface area (Å²) in [4.78, 5) is 29.1. The number of fused-ring (bicyclic) bond motifs is 1. The summed E-state index contributed by atoms with van der Waals surface area (Å²) in [5, 5.41) is 5.80. The van der Waals surface area contributed by atoms with Crippen molar-refractivity contribution < 1.29 is 9.59 Å². The lowest BCUT2D eigenvalue weighted by Crippen LogP contribution is -2.25. The zero-order valence-corrected chi connectivity index (χ0v) is 14.0. The van der Waals surface area contributed by atoms with Crippen LogP contribution in [0.2, 0.25) is 5.02 Å². The number of para-hydroxylation sites is 1. The Morgan fingerprint density at radius 3 is 2.68 bits per heavy atom. The summed E-state index contributed by atoms with van der Waals surface area (Å²) < 4.78 is 1.57. The second kappa shape index (κ2) is 7.19. The zero-order chi connectivity index (χ0) is 17.8. The molecule has 0 saturated heterocycles. The number of imidazole rings is 1. The summed E-state index contributed by atoms with van der Waals surface area (Å²) in [6.07, 6.45) is 3.25. The number of nitrogens with one attached hydrogen (secondary N) is 2. The molecule has 0 aliphatic heterocycles. The Hall–Kier alpha value is -3.12. The van der Waals surface area contributed by atoms with Crippen molar-refractivity contribution in [2.45, 2.75) is 0 Å². The number of hydrogen-bond donors (Lipinski definition) is 2. The number of nitrogens with zero attached hydrogens (tertiary/aromatic N) is 2. The lowest BCUT2D eigenvalue weighted by Gasteiger charge is -2.05. The maximum absolute atomic E-state index is 12.6. The van der Waals surface area contributed by atoms with Crippen LogP contribution in [0.15, 0.2) is 61.3 Å². The van der Waals surface area contributed by atoms with Crippen LogP contribution >= 0.6 is 11.6 Å². The van der Waals surface area contributed by atoms with Gasteiger partial charge < -0.3 is 10.6 Å². The van der Waals surface area contributed by atoms with Crippen molar-refractivity contribution in [3.05, 3.63) is 77.9 Å². The molecule has 2 heterocycles. The second-order valence-corrected chi connectivity index (χ2v) is 5.58. The fourth-order valence-electron chi connectivity index (χ4n) is 2.35. The molecular weight excluding hydrogens is 340 g/mol. The van der Waals surface area contributed by atoms with Crippen molar-refractivity contribution in [3.63, 3.8) is 0 Å². The van der Waals surface area contributed by atoms with Gasteiger partial charge in [-0.2, -0.15) is 0 Å². The minimum Gasteiger partial charge on any atom is -0.346 e. The molecule has 1 aromatic carbocycles. The Morgan fingerprint density at radius 1 is 1.16 bits per heavy atom. The molecule has 25 heavy (non-hydrogen) atoms. The molecule has 0 aliphatic carbocycles. The normalized spacial score (nSPS) is 10.4. The first-order valence-electron chi connectivity index (χ1n) is 7.54. The number of rotatable bonds is 5. The standard InChI is InChI=1S/C18H15ClN4O2/c1-2-10-20-18(25)16-22-15(14-9-5-6-11-23(14)16)17(24)21-13-8-4-3-7-12(13)19/h2-9,11H,1,10H2,(H,20,25)(H,21,24). The molecule has 0 atom stereocenters. The van der Waals surface area contributed by atoms with E-state index in [2.05, 4.69) is 22.2 Å². The minimum absolute atomic E-state index is 0.127. The first kappa shape index (κ1) is 16.7. The minimum atomic E-state index is -0.445. The van der Waals surface area contributed by atoms with Crippen LogP contribution in [-0.4, -0.2) is 27.7 Å². The van der Waals surface area contributed by atoms with Crippen LogP contribution in [0.25, 0.3) is 5.52 Å². The largest absolute Gasteiger partial charge is 0.346 e. The Kier molecular flexibility index (Phi) is 4.81. The molecule has 0 spiro atoms. The van der Waals surface area contributed by atoms with Crippen LogP contribution in [0.3, 0.4) is 0 Å². The van der Waals surface area contributed by atoms with Crippen molar-refractivity contribution in [1.82, 2.24) is 14.7 Å². The van der Waals surface area contributed by atoms with Crippen molar-refractivity contribution in [2.75, 3.05) is 11.9 Å². The average molecular weight is 355 g/mol. The van der Waals surface area contributed by atoms with E-state index in [4.69, 9.17) is 11.6 Å². The van der Waals surface area contributed by atoms with Crippen molar-refractivity contribution >= 4 is 34.6 Å². The Bertz CT molecular complexity index is 965. The highest BCUT2D eigenvalue weighted by Gasteiger charge is 2.21. The number of carbonyl (C=O) groups is 2. The van der Waals surface area contributed by atoms with E-state index in [1.54, 1.807) is 59.1 Å². The number of aromatic nitrogens is 2. The van der Waals surface area contributed by atoms with E-state index in [1.807, 2.05) is 0 Å². The summed E-state index contributed by atoms with van der Waals surface area (Å²) in [5.41, 5.74) is 1.14. The van der Waals surface area contributed by atoms with E-state index in [1.165, 1.54) is 0 Å². The van der Waals surface area contributed by atoms with Gasteiger partial charge in [-0.05, 0) is 24.3 Å². The van der Waals surface area contributed by atoms with E-state index in [0.29, 0.717) is 22.8 Å². The van der Waals surface area contributed by atoms with Crippen LogP contribution in [0, 0.1) is 0 Å². The van der Waals surface area contributed by atoms with Gasteiger partial charge in [0.25, 0.3) is 11.8 Å². The molecule has 3 aromatic rings. The number of benzene rings is 1. The summed E-state index contributed by atoms with van der Waals surface area (Å²) in [6, 6.07) is 12.2. The average Bonchev–Trinajstić information content (AvgIpc) is 3.01. The summed E-state index contributed by atoms with van der Waals surface area (Å²) in [6.45, 7) is 3.87. The van der Waals surface area contributed by atoms with Gasteiger partial charge in [-0.1, -0.05) is 35.9 Å². The van der Waals surface area contributed by atoms with Crippen LogP contribution in [0.5, 0.6) is 0 Å². The highest BCUT2D eigenvalue weighted by molar-refractivity contribution is 6.34. The van der Waals surface area contributed by atoms with Crippen molar-refractivity contribution in [1.29, 1.82) is 0 Å². The molecule has 3 rings (SSSR count). The smallest absolute Gasteiger partial charge is 0.287 e. The van der Waals surface area contributed by atoms with Gasteiger partial charge in [-0.25, -0.2) is 4.98 Å². The van der Waals surface area contributed by atoms with Gasteiger partial charge in [0.15, 0.2) is 5.69 Å². The predicted molar refractivity (Wildman–Crippen MR) is 97.1 cm³/mol. The van der Waals surface area contributed by atoms with Gasteiger partial charge >= 0.3 is 0 Å². The molecule has 0 bridgehead atoms. The third-order valence-electron chi connectivity index (χ3n) is 3.50. The first-order chi connectivity index (χ1) is 12.1. The van der Waals surface area contributed by atoms with Crippen LogP contribution < -0.4 is 10.6 Å². The number of pyridine rings is 1. The molecule has 2 amide bonds. The molecule has 2 N–H and O–H groups in total. The fourth-order valence-corrected chi connectivity index (χ4v) is 2.54. The van der Waals surface area contributed by atoms with E-state index in [-0.39, 0.29) is 11.5 Å². The molecule has 0 radical (unpaired) electrons. The lowest BCUT2D eigenvalue weighted by molar-refractivity contribution is 0.0947. The molecule has 0 unspecified atom stereocenters. The van der Waals surface area contributed by atoms with Crippen LogP contribution in [-0.2, 0) is 0 Å². The van der Waals surface area contributed by atoms with Crippen molar-refractivity contribution in [2.24, 2.45) is 0 Å². The molecular formula is C18H15ClN4O2. The van der Waals surface area contributed by atoms with Crippen LogP contribution in [0.1, 0.15) is 21.1 Å². The first-order valence-corrected chi connectivity index (χ1v) is 7.91. The fraction of sp³-hybridized carbons (Fsp3) is 0.0556. The molecule has 0 saturated carbocycles. The summed E-state index contributed by atoms with van der Waals surface area (Å²) in [5.74, 6) is -0.709. The second-order valence-electron chi connectivity index (χ2n) is 5.17. The van der Waals surface area contributed by atoms with Crippen LogP contribution in [0.4, 0.5) is 5.69 Å². The molecule has 2 aromatic heterocycles. The molecule has 6 nitrogen and oxygen atoms in total. The lowest BCUT2D eigenvalue weighted by atomic mass is 10.3.